The fourth-order valence-electron chi connectivity index (χ4n) is 3.54. The van der Waals surface area contributed by atoms with E-state index in [1.54, 1.807) is 0 Å². The zero-order valence-corrected chi connectivity index (χ0v) is 32.1. The monoisotopic (exact) mass is 723 g/mol. The molecule has 0 saturated carbocycles. The number of halogens is 1. The van der Waals surface area contributed by atoms with Crippen molar-refractivity contribution in [1.82, 2.24) is 15.0 Å². The molecule has 0 spiro atoms. The van der Waals surface area contributed by atoms with E-state index in [0.29, 0.717) is 18.2 Å². The maximum absolute atomic E-state index is 13.4. The number of carbonyl (C=O) groups is 1. The van der Waals surface area contributed by atoms with E-state index < -0.39 is 79.6 Å². The van der Waals surface area contributed by atoms with Gasteiger partial charge in [-0.05, 0) is 47.9 Å². The smallest absolute Gasteiger partial charge is 0.744 e. The van der Waals surface area contributed by atoms with Gasteiger partial charge in [0.1, 0.15) is 41.7 Å². The number of urea groups is 1. The number of amides is 2. The molecule has 0 radical (unpaired) electrons. The maximum atomic E-state index is 13.4. The van der Waals surface area contributed by atoms with Crippen molar-refractivity contribution in [3.05, 3.63) is 48.5 Å². The number of anilines is 4. The van der Waals surface area contributed by atoms with Crippen LogP contribution in [-0.2, 0) is 30.4 Å². The van der Waals surface area contributed by atoms with Crippen LogP contribution in [0.4, 0.5) is 43.8 Å². The van der Waals surface area contributed by atoms with E-state index in [-0.39, 0.29) is 118 Å². The number of primary amides is 1. The summed E-state index contributed by atoms with van der Waals surface area (Å²) in [5.41, 5.74) is 9.41. The Hall–Kier alpha value is -1.94. The van der Waals surface area contributed by atoms with E-state index in [0.717, 1.165) is 0 Å². The Morgan fingerprint density at radius 1 is 0.783 bits per heavy atom. The Morgan fingerprint density at radius 2 is 1.39 bits per heavy atom. The van der Waals surface area contributed by atoms with Gasteiger partial charge in [0.05, 0.1) is 20.4 Å². The van der Waals surface area contributed by atoms with Crippen LogP contribution in [0.2, 0.25) is 0 Å². The van der Waals surface area contributed by atoms with Gasteiger partial charge in [-0.25, -0.2) is 30.0 Å². The number of aromatic nitrogens is 3. The average Bonchev–Trinajstić information content (AvgIpc) is 2.84. The van der Waals surface area contributed by atoms with Crippen molar-refractivity contribution in [1.29, 1.82) is 0 Å². The second-order valence-electron chi connectivity index (χ2n) is 8.16. The van der Waals surface area contributed by atoms with Gasteiger partial charge in [-0.1, -0.05) is 0 Å². The zero-order valence-electron chi connectivity index (χ0n) is 23.6. The molecule has 0 atom stereocenters. The van der Waals surface area contributed by atoms with Gasteiger partial charge in [0, 0.05) is 11.1 Å². The van der Waals surface area contributed by atoms with Crippen molar-refractivity contribution in [3.8, 4) is 0 Å². The van der Waals surface area contributed by atoms with Crippen LogP contribution < -0.4 is 111 Å². The Labute approximate surface area is 325 Å². The van der Waals surface area contributed by atoms with Crippen LogP contribution in [0.15, 0.2) is 67.4 Å². The number of hydrogen-bond donors (Lipinski definition) is 4. The summed E-state index contributed by atoms with van der Waals surface area (Å²) < 4.78 is 119. The summed E-state index contributed by atoms with van der Waals surface area (Å²) in [4.78, 5) is 18.2. The molecule has 1 heterocycles. The Bertz CT molecular complexity index is 2170. The molecule has 0 fully saturated rings. The van der Waals surface area contributed by atoms with Gasteiger partial charge in [-0.2, -0.15) is 19.3 Å². The van der Waals surface area contributed by atoms with E-state index in [4.69, 9.17) is 11.5 Å². The maximum Gasteiger partial charge on any atom is 1.00 e. The average molecular weight is 724 g/mol. The summed E-state index contributed by atoms with van der Waals surface area (Å²) in [6.45, 7) is 0. The minimum Gasteiger partial charge on any atom is -0.744 e. The zero-order chi connectivity index (χ0) is 31.9. The molecule has 26 heteroatoms. The summed E-state index contributed by atoms with van der Waals surface area (Å²) in [6.07, 6.45) is -1.20. The van der Waals surface area contributed by atoms with E-state index in [9.17, 15) is 48.1 Å². The van der Waals surface area contributed by atoms with Crippen molar-refractivity contribution in [2.75, 3.05) is 16.4 Å². The van der Waals surface area contributed by atoms with Crippen LogP contribution in [0, 0.1) is 6.08 Å². The number of azo groups is 1. The number of carbonyl (C=O) groups excluding carboxylic acids is 1. The number of nitrogens with zero attached hydrogens (tertiary/aromatic N) is 5. The second-order valence-corrected chi connectivity index (χ2v) is 12.2. The molecule has 3 aromatic carbocycles. The third kappa shape index (κ3) is 10.5. The number of nitrogens with one attached hydrogen (secondary N) is 2. The summed E-state index contributed by atoms with van der Waals surface area (Å²) in [7, 11) is -16.2. The molecule has 46 heavy (non-hydrogen) atoms. The second kappa shape index (κ2) is 16.0. The molecule has 19 nitrogen and oxygen atoms in total. The third-order valence-corrected chi connectivity index (χ3v) is 7.75. The van der Waals surface area contributed by atoms with Gasteiger partial charge in [-0.15, -0.1) is 10.2 Å². The first-order valence-corrected chi connectivity index (χ1v) is 15.1. The first-order chi connectivity index (χ1) is 19.8. The van der Waals surface area contributed by atoms with Crippen LogP contribution in [0.1, 0.15) is 0 Å². The van der Waals surface area contributed by atoms with Crippen molar-refractivity contribution >= 4 is 81.8 Å². The fraction of sp³-hybridized carbons (Fsp3) is 0. The van der Waals surface area contributed by atoms with Gasteiger partial charge in [0.15, 0.2) is 0 Å². The molecule has 0 aliphatic carbocycles. The Kier molecular flexibility index (Phi) is 14.6. The number of fused-ring (bicyclic) bond motifs is 1. The molecule has 4 rings (SSSR count). The molecular weight excluding hydrogens is 710 g/mol. The molecule has 6 N–H and O–H groups in total. The van der Waals surface area contributed by atoms with Crippen LogP contribution in [0.5, 0.6) is 0 Å². The first kappa shape index (κ1) is 42.1. The first-order valence-electron chi connectivity index (χ1n) is 10.9. The van der Waals surface area contributed by atoms with Gasteiger partial charge < -0.3 is 35.8 Å². The van der Waals surface area contributed by atoms with Gasteiger partial charge in [-0.3, -0.25) is 0 Å². The van der Waals surface area contributed by atoms with E-state index in [2.05, 4.69) is 35.8 Å². The predicted molar refractivity (Wildman–Crippen MR) is 139 cm³/mol. The fourth-order valence-corrected chi connectivity index (χ4v) is 5.49. The standard InChI is InChI=1S/C20H16FN9O10S3.3Na/c21-17-26-18(22)28-20(27-17)24-9-1-2-12(13(5-9)25-19(23)31)29-30-14-7-11-8(4-16(14)43(38,39)40)3-10(41(32,33)34)6-15(11)42(35,36)37;;;/h1-7H,(H3,23,25,31)(H,32,33,34)(H,35,36,37)(H,38,39,40)(H3,22,24,26,27,28);;;/q;3*+1/p-3. The van der Waals surface area contributed by atoms with Gasteiger partial charge >= 0.3 is 101 Å². The molecule has 0 saturated heterocycles. The number of nitrogens with two attached hydrogens (primary N) is 2. The summed E-state index contributed by atoms with van der Waals surface area (Å²) in [5, 5.41) is 11.0. The normalized spacial score (nSPS) is 11.7. The van der Waals surface area contributed by atoms with Crippen molar-refractivity contribution in [2.45, 2.75) is 14.7 Å². The molecular formula is C20H13FN9Na3O10S3. The summed E-state index contributed by atoms with van der Waals surface area (Å²) >= 11 is 0. The molecule has 2 amide bonds. The van der Waals surface area contributed by atoms with E-state index in [1.165, 1.54) is 18.2 Å². The molecule has 1 aromatic heterocycles. The minimum absolute atomic E-state index is 0. The number of rotatable bonds is 8. The number of nitrogen functional groups attached to an aromatic ring is 1. The minimum atomic E-state index is -5.47. The SMILES string of the molecule is NC(=O)Nc1cc(Nc2nc(N)nc(F)n2)ccc1N=Nc1cc2c(S(=O)(=O)[O-])cc(S(=O)(=O)[O-])cc2cc1S(=O)(=O)[O-].[Na+].[Na+].[Na+]. The molecule has 0 aliphatic rings. The van der Waals surface area contributed by atoms with E-state index >= 15 is 0 Å². The third-order valence-electron chi connectivity index (χ3n) is 5.20. The number of hydrogen-bond acceptors (Lipinski definition) is 17. The Balaban J connectivity index is 0.00000353. The Morgan fingerprint density at radius 3 is 1.93 bits per heavy atom. The van der Waals surface area contributed by atoms with Crippen molar-refractivity contribution in [3.63, 3.8) is 0 Å². The van der Waals surface area contributed by atoms with Crippen LogP contribution in [0.25, 0.3) is 10.8 Å². The predicted octanol–water partition coefficient (Wildman–Crippen LogP) is -7.88. The topological polar surface area (TPSA) is 328 Å². The molecule has 0 bridgehead atoms. The summed E-state index contributed by atoms with van der Waals surface area (Å²) in [5.74, 6) is -0.780. The van der Waals surface area contributed by atoms with Crippen LogP contribution >= 0.6 is 0 Å². The largest absolute Gasteiger partial charge is 1.00 e. The number of benzene rings is 3. The van der Waals surface area contributed by atoms with Gasteiger partial charge in [0.25, 0.3) is 0 Å². The molecule has 0 unspecified atom stereocenters. The molecule has 0 aliphatic heterocycles. The van der Waals surface area contributed by atoms with Crippen LogP contribution in [0.3, 0.4) is 0 Å². The van der Waals surface area contributed by atoms with Crippen molar-refractivity contribution in [2.24, 2.45) is 16.0 Å². The van der Waals surface area contributed by atoms with Gasteiger partial charge in [0.2, 0.25) is 11.9 Å². The van der Waals surface area contributed by atoms with E-state index in [1.807, 2.05) is 0 Å². The molecule has 4 aromatic rings. The molecule has 226 valence electrons. The van der Waals surface area contributed by atoms with Crippen molar-refractivity contribution < 1.29 is 137 Å². The quantitative estimate of drug-likeness (QED) is 0.0745. The summed E-state index contributed by atoms with van der Waals surface area (Å²) in [6, 6.07) is 4.50. The van der Waals surface area contributed by atoms with Crippen LogP contribution in [-0.4, -0.2) is 59.9 Å².